The van der Waals surface area contributed by atoms with Crippen molar-refractivity contribution in [2.24, 2.45) is 0 Å². The average Bonchev–Trinajstić information content (AvgIpc) is 2.96. The minimum absolute atomic E-state index is 0.598. The standard InChI is InChI=1S/C18H18ClNO3/c1-21-16-7-11(8-17(22-2)18(16)23-3)6-12-10-20-15-5-4-13(19)9-14(12)15/h4-5,7-10,20H,6H2,1-3H3. The molecule has 2 aromatic carbocycles. The molecule has 120 valence electrons. The third-order valence-electron chi connectivity index (χ3n) is 3.85. The average molecular weight is 332 g/mol. The largest absolute Gasteiger partial charge is 0.493 e. The topological polar surface area (TPSA) is 43.5 Å². The fourth-order valence-electron chi connectivity index (χ4n) is 2.75. The van der Waals surface area contributed by atoms with Gasteiger partial charge in [0.15, 0.2) is 11.5 Å². The van der Waals surface area contributed by atoms with E-state index in [-0.39, 0.29) is 0 Å². The SMILES string of the molecule is COc1cc(Cc2c[nH]c3ccc(Cl)cc23)cc(OC)c1OC. The van der Waals surface area contributed by atoms with Crippen molar-refractivity contribution in [3.63, 3.8) is 0 Å². The number of rotatable bonds is 5. The summed E-state index contributed by atoms with van der Waals surface area (Å²) in [7, 11) is 4.83. The Hall–Kier alpha value is -2.33. The maximum Gasteiger partial charge on any atom is 0.203 e. The molecule has 0 aliphatic carbocycles. The first kappa shape index (κ1) is 15.6. The van der Waals surface area contributed by atoms with Crippen LogP contribution in [0.5, 0.6) is 17.2 Å². The van der Waals surface area contributed by atoms with E-state index >= 15 is 0 Å². The summed E-state index contributed by atoms with van der Waals surface area (Å²) >= 11 is 6.12. The Balaban J connectivity index is 2.03. The van der Waals surface area contributed by atoms with Gasteiger partial charge in [0.25, 0.3) is 0 Å². The first-order chi connectivity index (χ1) is 11.2. The number of benzene rings is 2. The maximum atomic E-state index is 6.12. The van der Waals surface area contributed by atoms with Gasteiger partial charge < -0.3 is 19.2 Å². The second-order valence-electron chi connectivity index (χ2n) is 5.21. The van der Waals surface area contributed by atoms with Crippen LogP contribution in [0, 0.1) is 0 Å². The van der Waals surface area contributed by atoms with E-state index in [4.69, 9.17) is 25.8 Å². The zero-order valence-electron chi connectivity index (χ0n) is 13.3. The van der Waals surface area contributed by atoms with Gasteiger partial charge in [-0.3, -0.25) is 0 Å². The van der Waals surface area contributed by atoms with Gasteiger partial charge in [0, 0.05) is 22.1 Å². The molecule has 3 rings (SSSR count). The molecule has 4 nitrogen and oxygen atoms in total. The van der Waals surface area contributed by atoms with Crippen LogP contribution < -0.4 is 14.2 Å². The summed E-state index contributed by atoms with van der Waals surface area (Å²) in [5.41, 5.74) is 3.30. The Bertz CT molecular complexity index is 816. The molecule has 0 fully saturated rings. The van der Waals surface area contributed by atoms with E-state index in [1.54, 1.807) is 21.3 Å². The first-order valence-electron chi connectivity index (χ1n) is 7.20. The van der Waals surface area contributed by atoms with Gasteiger partial charge in [0.2, 0.25) is 5.75 Å². The molecule has 0 amide bonds. The zero-order chi connectivity index (χ0) is 16.4. The predicted molar refractivity (Wildman–Crippen MR) is 92.2 cm³/mol. The quantitative estimate of drug-likeness (QED) is 0.751. The summed E-state index contributed by atoms with van der Waals surface area (Å²) in [4.78, 5) is 3.27. The summed E-state index contributed by atoms with van der Waals surface area (Å²) in [5, 5.41) is 1.84. The van der Waals surface area contributed by atoms with Crippen molar-refractivity contribution in [2.45, 2.75) is 6.42 Å². The molecule has 1 N–H and O–H groups in total. The molecule has 0 saturated carbocycles. The summed E-state index contributed by atoms with van der Waals surface area (Å²) < 4.78 is 16.2. The van der Waals surface area contributed by atoms with E-state index in [0.717, 1.165) is 33.5 Å². The molecule has 0 aliphatic rings. The molecule has 1 heterocycles. The van der Waals surface area contributed by atoms with E-state index in [9.17, 15) is 0 Å². The van der Waals surface area contributed by atoms with E-state index < -0.39 is 0 Å². The van der Waals surface area contributed by atoms with Crippen LogP contribution in [0.15, 0.2) is 36.5 Å². The van der Waals surface area contributed by atoms with Crippen LogP contribution in [0.4, 0.5) is 0 Å². The van der Waals surface area contributed by atoms with Crippen molar-refractivity contribution in [3.8, 4) is 17.2 Å². The molecule has 0 bridgehead atoms. The van der Waals surface area contributed by atoms with Crippen LogP contribution >= 0.6 is 11.6 Å². The lowest BCUT2D eigenvalue weighted by molar-refractivity contribution is 0.324. The highest BCUT2D eigenvalue weighted by Crippen LogP contribution is 2.39. The third-order valence-corrected chi connectivity index (χ3v) is 4.08. The fourth-order valence-corrected chi connectivity index (χ4v) is 2.93. The van der Waals surface area contributed by atoms with Gasteiger partial charge in [-0.15, -0.1) is 0 Å². The van der Waals surface area contributed by atoms with Crippen molar-refractivity contribution in [3.05, 3.63) is 52.7 Å². The maximum absolute atomic E-state index is 6.12. The number of hydrogen-bond acceptors (Lipinski definition) is 3. The summed E-state index contributed by atoms with van der Waals surface area (Å²) in [6.07, 6.45) is 2.74. The Morgan fingerprint density at radius 3 is 2.26 bits per heavy atom. The summed E-state index contributed by atoms with van der Waals surface area (Å²) in [6, 6.07) is 9.76. The second kappa shape index (κ2) is 6.42. The fraction of sp³-hybridized carbons (Fsp3) is 0.222. The molecule has 1 aromatic heterocycles. The van der Waals surface area contributed by atoms with E-state index in [1.165, 1.54) is 0 Å². The molecule has 0 aliphatic heterocycles. The first-order valence-corrected chi connectivity index (χ1v) is 7.58. The number of hydrogen-bond donors (Lipinski definition) is 1. The van der Waals surface area contributed by atoms with E-state index in [0.29, 0.717) is 17.2 Å². The van der Waals surface area contributed by atoms with Crippen LogP contribution in [0.1, 0.15) is 11.1 Å². The molecule has 5 heteroatoms. The molecule has 0 atom stereocenters. The lowest BCUT2D eigenvalue weighted by atomic mass is 10.0. The summed E-state index contributed by atoms with van der Waals surface area (Å²) in [6.45, 7) is 0. The molecule has 0 saturated heterocycles. The van der Waals surface area contributed by atoms with Crippen LogP contribution in [0.2, 0.25) is 5.02 Å². The highest BCUT2D eigenvalue weighted by Gasteiger charge is 2.14. The van der Waals surface area contributed by atoms with Crippen LogP contribution in [0.25, 0.3) is 10.9 Å². The lowest BCUT2D eigenvalue weighted by Crippen LogP contribution is -1.97. The van der Waals surface area contributed by atoms with Crippen LogP contribution in [0.3, 0.4) is 0 Å². The van der Waals surface area contributed by atoms with Gasteiger partial charge in [-0.25, -0.2) is 0 Å². The number of aromatic amines is 1. The highest BCUT2D eigenvalue weighted by atomic mass is 35.5. The third kappa shape index (κ3) is 2.94. The Morgan fingerprint density at radius 1 is 0.957 bits per heavy atom. The molecule has 0 unspecified atom stereocenters. The molecular weight excluding hydrogens is 314 g/mol. The predicted octanol–water partition coefficient (Wildman–Crippen LogP) is 4.44. The Morgan fingerprint density at radius 2 is 1.65 bits per heavy atom. The number of methoxy groups -OCH3 is 3. The number of ether oxygens (including phenoxy) is 3. The normalized spacial score (nSPS) is 10.8. The van der Waals surface area contributed by atoms with E-state index in [2.05, 4.69) is 4.98 Å². The van der Waals surface area contributed by atoms with Gasteiger partial charge in [-0.2, -0.15) is 0 Å². The van der Waals surface area contributed by atoms with Gasteiger partial charge in [-0.05, 0) is 47.9 Å². The van der Waals surface area contributed by atoms with Crippen LogP contribution in [-0.2, 0) is 6.42 Å². The zero-order valence-corrected chi connectivity index (χ0v) is 14.0. The van der Waals surface area contributed by atoms with Crippen molar-refractivity contribution in [2.75, 3.05) is 21.3 Å². The molecule has 23 heavy (non-hydrogen) atoms. The monoisotopic (exact) mass is 331 g/mol. The molecule has 3 aromatic rings. The van der Waals surface area contributed by atoms with Crippen molar-refractivity contribution >= 4 is 22.5 Å². The van der Waals surface area contributed by atoms with Crippen LogP contribution in [-0.4, -0.2) is 26.3 Å². The minimum atomic E-state index is 0.598. The number of H-pyrrole nitrogens is 1. The van der Waals surface area contributed by atoms with E-state index in [1.807, 2.05) is 36.5 Å². The summed E-state index contributed by atoms with van der Waals surface area (Å²) in [5.74, 6) is 1.90. The minimum Gasteiger partial charge on any atom is -0.493 e. The van der Waals surface area contributed by atoms with Crippen molar-refractivity contribution in [1.29, 1.82) is 0 Å². The van der Waals surface area contributed by atoms with Gasteiger partial charge in [-0.1, -0.05) is 11.6 Å². The molecular formula is C18H18ClNO3. The molecule has 0 spiro atoms. The van der Waals surface area contributed by atoms with Crippen molar-refractivity contribution in [1.82, 2.24) is 4.98 Å². The van der Waals surface area contributed by atoms with Gasteiger partial charge in [0.05, 0.1) is 21.3 Å². The number of halogens is 1. The highest BCUT2D eigenvalue weighted by molar-refractivity contribution is 6.31. The Labute approximate surface area is 139 Å². The number of fused-ring (bicyclic) bond motifs is 1. The number of aromatic nitrogens is 1. The van der Waals surface area contributed by atoms with Gasteiger partial charge in [0.1, 0.15) is 0 Å². The van der Waals surface area contributed by atoms with Gasteiger partial charge >= 0.3 is 0 Å². The lowest BCUT2D eigenvalue weighted by Gasteiger charge is -2.14. The van der Waals surface area contributed by atoms with Crippen molar-refractivity contribution < 1.29 is 14.2 Å². The number of nitrogens with one attached hydrogen (secondary N) is 1. The smallest absolute Gasteiger partial charge is 0.203 e. The second-order valence-corrected chi connectivity index (χ2v) is 5.65. The molecule has 0 radical (unpaired) electrons. The Kier molecular flexibility index (Phi) is 4.35.